The molecule has 2 atom stereocenters. The standard InChI is InChI=1S/C23H38N4O2/c1-3-24-23(25-13-17-28-18-22-10-7-16-29-22)26-21-11-14-27(15-12-21)19(2)20-8-5-4-6-9-20/h4-6,8-9,19,21-22H,3,7,10-18H2,1-2H3,(H2,24,25,26). The lowest BCUT2D eigenvalue weighted by Crippen LogP contribution is -2.49. The summed E-state index contributed by atoms with van der Waals surface area (Å²) in [5.74, 6) is 0.905. The summed E-state index contributed by atoms with van der Waals surface area (Å²) in [6, 6.07) is 11.7. The van der Waals surface area contributed by atoms with E-state index < -0.39 is 0 Å². The molecule has 2 unspecified atom stereocenters. The number of rotatable bonds is 9. The van der Waals surface area contributed by atoms with Gasteiger partial charge in [0.2, 0.25) is 0 Å². The van der Waals surface area contributed by atoms with Crippen molar-refractivity contribution in [1.29, 1.82) is 0 Å². The van der Waals surface area contributed by atoms with Crippen molar-refractivity contribution in [3.05, 3.63) is 35.9 Å². The summed E-state index contributed by atoms with van der Waals surface area (Å²) in [7, 11) is 0. The van der Waals surface area contributed by atoms with Gasteiger partial charge in [-0.15, -0.1) is 0 Å². The summed E-state index contributed by atoms with van der Waals surface area (Å²) in [5.41, 5.74) is 1.40. The van der Waals surface area contributed by atoms with Crippen molar-refractivity contribution in [3.8, 4) is 0 Å². The Bertz CT molecular complexity index is 596. The van der Waals surface area contributed by atoms with Gasteiger partial charge in [0, 0.05) is 38.3 Å². The molecule has 1 aromatic rings. The van der Waals surface area contributed by atoms with Crippen LogP contribution in [-0.4, -0.2) is 69.0 Å². The van der Waals surface area contributed by atoms with Gasteiger partial charge in [0.05, 0.1) is 25.9 Å². The number of nitrogens with zero attached hydrogens (tertiary/aromatic N) is 2. The highest BCUT2D eigenvalue weighted by atomic mass is 16.5. The maximum atomic E-state index is 5.72. The molecule has 2 N–H and O–H groups in total. The van der Waals surface area contributed by atoms with Crippen LogP contribution in [0.5, 0.6) is 0 Å². The third kappa shape index (κ3) is 7.28. The van der Waals surface area contributed by atoms with Crippen LogP contribution in [0.4, 0.5) is 0 Å². The van der Waals surface area contributed by atoms with Crippen LogP contribution in [0.15, 0.2) is 35.3 Å². The van der Waals surface area contributed by atoms with Gasteiger partial charge in [0.15, 0.2) is 5.96 Å². The summed E-state index contributed by atoms with van der Waals surface area (Å²) in [6.07, 6.45) is 4.83. The van der Waals surface area contributed by atoms with Crippen LogP contribution in [0.25, 0.3) is 0 Å². The molecule has 2 aliphatic heterocycles. The third-order valence-corrected chi connectivity index (χ3v) is 5.88. The van der Waals surface area contributed by atoms with E-state index in [-0.39, 0.29) is 6.10 Å². The summed E-state index contributed by atoms with van der Waals surface area (Å²) >= 11 is 0. The number of piperidine rings is 1. The zero-order valence-corrected chi connectivity index (χ0v) is 18.1. The predicted molar refractivity (Wildman–Crippen MR) is 118 cm³/mol. The lowest BCUT2D eigenvalue weighted by atomic mass is 10.0. The van der Waals surface area contributed by atoms with Crippen LogP contribution in [0, 0.1) is 0 Å². The lowest BCUT2D eigenvalue weighted by molar-refractivity contribution is 0.0200. The molecule has 29 heavy (non-hydrogen) atoms. The second-order valence-corrected chi connectivity index (χ2v) is 8.01. The van der Waals surface area contributed by atoms with Gasteiger partial charge >= 0.3 is 0 Å². The first-order valence-corrected chi connectivity index (χ1v) is 11.3. The Labute approximate surface area is 176 Å². The molecule has 0 radical (unpaired) electrons. The van der Waals surface area contributed by atoms with Gasteiger partial charge in [-0.25, -0.2) is 0 Å². The first-order valence-electron chi connectivity index (χ1n) is 11.3. The van der Waals surface area contributed by atoms with Gasteiger partial charge in [-0.2, -0.15) is 0 Å². The number of likely N-dealkylation sites (tertiary alicyclic amines) is 1. The van der Waals surface area contributed by atoms with E-state index >= 15 is 0 Å². The normalized spacial score (nSPS) is 22.6. The van der Waals surface area contributed by atoms with Gasteiger partial charge in [-0.3, -0.25) is 9.89 Å². The molecule has 2 aliphatic rings. The maximum absolute atomic E-state index is 5.72. The van der Waals surface area contributed by atoms with Gasteiger partial charge in [0.25, 0.3) is 0 Å². The van der Waals surface area contributed by atoms with E-state index in [0.717, 1.165) is 57.9 Å². The van der Waals surface area contributed by atoms with Crippen LogP contribution >= 0.6 is 0 Å². The minimum atomic E-state index is 0.286. The highest BCUT2D eigenvalue weighted by molar-refractivity contribution is 5.80. The fourth-order valence-corrected chi connectivity index (χ4v) is 4.10. The molecule has 162 valence electrons. The Balaban J connectivity index is 1.38. The van der Waals surface area contributed by atoms with Crippen LogP contribution in [0.3, 0.4) is 0 Å². The van der Waals surface area contributed by atoms with Crippen LogP contribution < -0.4 is 10.6 Å². The van der Waals surface area contributed by atoms with Gasteiger partial charge in [0.1, 0.15) is 0 Å². The quantitative estimate of drug-likeness (QED) is 0.378. The smallest absolute Gasteiger partial charge is 0.191 e. The lowest BCUT2D eigenvalue weighted by Gasteiger charge is -2.37. The summed E-state index contributed by atoms with van der Waals surface area (Å²) in [4.78, 5) is 7.27. The van der Waals surface area contributed by atoms with Crippen molar-refractivity contribution in [2.75, 3.05) is 46.0 Å². The zero-order valence-electron chi connectivity index (χ0n) is 18.1. The third-order valence-electron chi connectivity index (χ3n) is 5.88. The Kier molecular flexibility index (Phi) is 9.25. The number of guanidine groups is 1. The Hall–Kier alpha value is -1.63. The van der Waals surface area contributed by atoms with Crippen molar-refractivity contribution < 1.29 is 9.47 Å². The molecule has 3 rings (SSSR count). The largest absolute Gasteiger partial charge is 0.377 e. The van der Waals surface area contributed by atoms with E-state index in [9.17, 15) is 0 Å². The van der Waals surface area contributed by atoms with E-state index in [1.54, 1.807) is 0 Å². The average Bonchev–Trinajstić information content (AvgIpc) is 3.28. The van der Waals surface area contributed by atoms with Gasteiger partial charge < -0.3 is 20.1 Å². The summed E-state index contributed by atoms with van der Waals surface area (Å²) < 4.78 is 11.3. The number of nitrogens with one attached hydrogen (secondary N) is 2. The van der Waals surface area contributed by atoms with E-state index in [4.69, 9.17) is 9.47 Å². The molecule has 2 fully saturated rings. The minimum Gasteiger partial charge on any atom is -0.377 e. The van der Waals surface area contributed by atoms with E-state index in [1.165, 1.54) is 5.56 Å². The fourth-order valence-electron chi connectivity index (χ4n) is 4.10. The average molecular weight is 403 g/mol. The number of aliphatic imine (C=N–C) groups is 1. The molecular formula is C23H38N4O2. The Morgan fingerprint density at radius 3 is 2.72 bits per heavy atom. The van der Waals surface area contributed by atoms with Crippen molar-refractivity contribution in [2.24, 2.45) is 4.99 Å². The van der Waals surface area contributed by atoms with Crippen molar-refractivity contribution in [2.45, 2.75) is 57.7 Å². The Morgan fingerprint density at radius 1 is 1.24 bits per heavy atom. The molecule has 0 bridgehead atoms. The topological polar surface area (TPSA) is 58.1 Å². The zero-order chi connectivity index (χ0) is 20.3. The number of benzene rings is 1. The maximum Gasteiger partial charge on any atom is 0.191 e. The van der Waals surface area contributed by atoms with Crippen molar-refractivity contribution >= 4 is 5.96 Å². The molecule has 0 aliphatic carbocycles. The van der Waals surface area contributed by atoms with Crippen LogP contribution in [-0.2, 0) is 9.47 Å². The molecule has 0 aromatic heterocycles. The SMILES string of the molecule is CCNC(=NCCOCC1CCCO1)NC1CCN(C(C)c2ccccc2)CC1. The molecule has 0 amide bonds. The molecule has 1 aromatic carbocycles. The number of ether oxygens (including phenoxy) is 2. The van der Waals surface area contributed by atoms with Crippen molar-refractivity contribution in [1.82, 2.24) is 15.5 Å². The molecule has 2 saturated heterocycles. The summed E-state index contributed by atoms with van der Waals surface area (Å²) in [6.45, 7) is 10.4. The fraction of sp³-hybridized carbons (Fsp3) is 0.696. The Morgan fingerprint density at radius 2 is 2.03 bits per heavy atom. The first-order chi connectivity index (χ1) is 14.3. The van der Waals surface area contributed by atoms with Crippen LogP contribution in [0.2, 0.25) is 0 Å². The molecular weight excluding hydrogens is 364 g/mol. The monoisotopic (exact) mass is 402 g/mol. The number of hydrogen-bond donors (Lipinski definition) is 2. The summed E-state index contributed by atoms with van der Waals surface area (Å²) in [5, 5.41) is 6.99. The van der Waals surface area contributed by atoms with E-state index in [2.05, 4.69) is 64.7 Å². The van der Waals surface area contributed by atoms with E-state index in [0.29, 0.717) is 31.8 Å². The molecule has 0 spiro atoms. The second-order valence-electron chi connectivity index (χ2n) is 8.01. The highest BCUT2D eigenvalue weighted by Gasteiger charge is 2.24. The number of hydrogen-bond acceptors (Lipinski definition) is 4. The van der Waals surface area contributed by atoms with Crippen LogP contribution in [0.1, 0.15) is 51.1 Å². The minimum absolute atomic E-state index is 0.286. The second kappa shape index (κ2) is 12.2. The predicted octanol–water partition coefficient (Wildman–Crippen LogP) is 2.96. The molecule has 6 heteroatoms. The molecule has 2 heterocycles. The molecule has 0 saturated carbocycles. The highest BCUT2D eigenvalue weighted by Crippen LogP contribution is 2.23. The van der Waals surface area contributed by atoms with Gasteiger partial charge in [-0.1, -0.05) is 30.3 Å². The van der Waals surface area contributed by atoms with E-state index in [1.807, 2.05) is 0 Å². The van der Waals surface area contributed by atoms with Crippen molar-refractivity contribution in [3.63, 3.8) is 0 Å². The van der Waals surface area contributed by atoms with Gasteiger partial charge in [-0.05, 0) is 45.1 Å². The first kappa shape index (κ1) is 22.1. The molecule has 6 nitrogen and oxygen atoms in total.